The second kappa shape index (κ2) is 8.61. The summed E-state index contributed by atoms with van der Waals surface area (Å²) < 4.78 is 0. The van der Waals surface area contributed by atoms with Crippen molar-refractivity contribution in [2.45, 2.75) is 44.7 Å². The number of aliphatic imine (C=N–C) groups is 1. The molecule has 5 rings (SSSR count). The van der Waals surface area contributed by atoms with Gasteiger partial charge in [-0.1, -0.05) is 55.7 Å². The molecule has 164 valence electrons. The Balaban J connectivity index is 1.49. The maximum atomic E-state index is 13.2. The molecule has 1 aliphatic carbocycles. The smallest absolute Gasteiger partial charge is 0.247 e. The van der Waals surface area contributed by atoms with Crippen molar-refractivity contribution >= 4 is 29.0 Å². The lowest BCUT2D eigenvalue weighted by Gasteiger charge is -2.30. The maximum Gasteiger partial charge on any atom is 0.247 e. The van der Waals surface area contributed by atoms with Crippen molar-refractivity contribution in [1.29, 1.82) is 0 Å². The van der Waals surface area contributed by atoms with Crippen LogP contribution in [0.4, 0.5) is 5.69 Å². The number of hydrogen-bond acceptors (Lipinski definition) is 4. The zero-order valence-corrected chi connectivity index (χ0v) is 18.4. The third-order valence-electron chi connectivity index (χ3n) is 6.69. The van der Waals surface area contributed by atoms with Crippen LogP contribution in [0.3, 0.4) is 0 Å². The summed E-state index contributed by atoms with van der Waals surface area (Å²) in [5.41, 5.74) is 4.82. The van der Waals surface area contributed by atoms with E-state index in [0.717, 1.165) is 40.8 Å². The predicted octanol–water partition coefficient (Wildman–Crippen LogP) is 3.84. The quantitative estimate of drug-likeness (QED) is 0.753. The summed E-state index contributed by atoms with van der Waals surface area (Å²) in [5, 5.41) is 2.81. The maximum absolute atomic E-state index is 13.2. The minimum absolute atomic E-state index is 0.0296. The van der Waals surface area contributed by atoms with Crippen molar-refractivity contribution in [1.82, 2.24) is 15.1 Å². The molecule has 2 aromatic rings. The molecular formula is C26H28N4O2. The molecule has 2 amide bonds. The van der Waals surface area contributed by atoms with Crippen molar-refractivity contribution in [2.24, 2.45) is 4.99 Å². The first-order chi connectivity index (χ1) is 15.6. The van der Waals surface area contributed by atoms with E-state index in [1.54, 1.807) is 6.08 Å². The Hall–Kier alpha value is -3.41. The van der Waals surface area contributed by atoms with E-state index in [4.69, 9.17) is 0 Å². The van der Waals surface area contributed by atoms with E-state index < -0.39 is 0 Å². The van der Waals surface area contributed by atoms with Gasteiger partial charge in [0.15, 0.2) is 0 Å². The van der Waals surface area contributed by atoms with Gasteiger partial charge >= 0.3 is 0 Å². The van der Waals surface area contributed by atoms with Crippen LogP contribution in [0.2, 0.25) is 0 Å². The van der Waals surface area contributed by atoms with Crippen molar-refractivity contribution in [2.75, 3.05) is 13.6 Å². The number of nitrogens with one attached hydrogen (secondary N) is 1. The number of benzene rings is 2. The SMILES string of the molecule is CN(C(=O)/C=C(\c1ccccc1)c1ccc2c(c1)CN1CC(=O)NC1=N2)C1CCCCC1. The molecule has 0 atom stereocenters. The van der Waals surface area contributed by atoms with Crippen LogP contribution in [0.1, 0.15) is 48.8 Å². The second-order valence-corrected chi connectivity index (χ2v) is 8.85. The van der Waals surface area contributed by atoms with E-state index >= 15 is 0 Å². The van der Waals surface area contributed by atoms with Gasteiger partial charge in [-0.15, -0.1) is 0 Å². The third-order valence-corrected chi connectivity index (χ3v) is 6.69. The van der Waals surface area contributed by atoms with Gasteiger partial charge in [0.05, 0.1) is 5.69 Å². The molecule has 1 saturated heterocycles. The van der Waals surface area contributed by atoms with Gasteiger partial charge < -0.3 is 9.80 Å². The number of guanidine groups is 1. The summed E-state index contributed by atoms with van der Waals surface area (Å²) in [6.45, 7) is 0.952. The molecule has 0 spiro atoms. The Labute approximate surface area is 188 Å². The normalized spacial score (nSPS) is 18.5. The topological polar surface area (TPSA) is 65.0 Å². The Bertz CT molecular complexity index is 1100. The molecule has 2 heterocycles. The molecule has 2 aromatic carbocycles. The summed E-state index contributed by atoms with van der Waals surface area (Å²) in [4.78, 5) is 33.5. The number of rotatable bonds is 4. The summed E-state index contributed by atoms with van der Waals surface area (Å²) in [5.74, 6) is 0.638. The lowest BCUT2D eigenvalue weighted by molar-refractivity contribution is -0.127. The average Bonchev–Trinajstić information content (AvgIpc) is 3.19. The van der Waals surface area contributed by atoms with Crippen LogP contribution in [-0.4, -0.2) is 47.2 Å². The summed E-state index contributed by atoms with van der Waals surface area (Å²) >= 11 is 0. The highest BCUT2D eigenvalue weighted by Gasteiger charge is 2.29. The van der Waals surface area contributed by atoms with Gasteiger partial charge in [0, 0.05) is 25.7 Å². The summed E-state index contributed by atoms with van der Waals surface area (Å²) in [6, 6.07) is 16.5. The number of carbonyl (C=O) groups excluding carboxylic acids is 2. The Morgan fingerprint density at radius 1 is 1.06 bits per heavy atom. The Kier molecular flexibility index (Phi) is 5.52. The first-order valence-electron chi connectivity index (χ1n) is 11.4. The molecule has 0 unspecified atom stereocenters. The minimum Gasteiger partial charge on any atom is -0.339 e. The zero-order chi connectivity index (χ0) is 22.1. The van der Waals surface area contributed by atoms with Crippen LogP contribution >= 0.6 is 0 Å². The molecule has 1 N–H and O–H groups in total. The van der Waals surface area contributed by atoms with E-state index in [0.29, 0.717) is 25.1 Å². The minimum atomic E-state index is -0.0296. The molecule has 0 aromatic heterocycles. The molecule has 2 aliphatic heterocycles. The molecular weight excluding hydrogens is 400 g/mol. The van der Waals surface area contributed by atoms with E-state index in [9.17, 15) is 9.59 Å². The van der Waals surface area contributed by atoms with Crippen LogP contribution in [0.5, 0.6) is 0 Å². The number of hydrogen-bond donors (Lipinski definition) is 1. The molecule has 0 radical (unpaired) electrons. The van der Waals surface area contributed by atoms with Gasteiger partial charge in [0.1, 0.15) is 6.54 Å². The van der Waals surface area contributed by atoms with Crippen LogP contribution in [0, 0.1) is 0 Å². The van der Waals surface area contributed by atoms with E-state index in [1.165, 1.54) is 19.3 Å². The monoisotopic (exact) mass is 428 g/mol. The standard InChI is InChI=1S/C26H28N4O2/c1-29(21-10-6-3-7-11-21)25(32)15-22(18-8-4-2-5-9-18)19-12-13-23-20(14-19)16-30-17-24(31)28-26(30)27-23/h2,4-5,8-9,12-15,21H,3,6-7,10-11,16-17H2,1H3,(H,27,28,31)/b22-15+. The molecule has 3 aliphatic rings. The van der Waals surface area contributed by atoms with Gasteiger partial charge in [-0.3, -0.25) is 14.9 Å². The average molecular weight is 429 g/mol. The van der Waals surface area contributed by atoms with Gasteiger partial charge in [-0.25, -0.2) is 4.99 Å². The molecule has 2 fully saturated rings. The Morgan fingerprint density at radius 2 is 1.84 bits per heavy atom. The second-order valence-electron chi connectivity index (χ2n) is 8.85. The van der Waals surface area contributed by atoms with Crippen LogP contribution in [-0.2, 0) is 16.1 Å². The molecule has 6 nitrogen and oxygen atoms in total. The molecule has 0 bridgehead atoms. The highest BCUT2D eigenvalue weighted by atomic mass is 16.2. The highest BCUT2D eigenvalue weighted by molar-refractivity contribution is 6.06. The van der Waals surface area contributed by atoms with Crippen LogP contribution in [0.25, 0.3) is 5.57 Å². The van der Waals surface area contributed by atoms with Crippen molar-refractivity contribution < 1.29 is 9.59 Å². The first-order valence-corrected chi connectivity index (χ1v) is 11.4. The van der Waals surface area contributed by atoms with Gasteiger partial charge in [-0.2, -0.15) is 0 Å². The zero-order valence-electron chi connectivity index (χ0n) is 18.4. The Morgan fingerprint density at radius 3 is 2.62 bits per heavy atom. The number of carbonyl (C=O) groups is 2. The van der Waals surface area contributed by atoms with Gasteiger partial charge in [-0.05, 0) is 47.2 Å². The fraction of sp³-hybridized carbons (Fsp3) is 0.346. The van der Waals surface area contributed by atoms with E-state index in [2.05, 4.69) is 16.4 Å². The van der Waals surface area contributed by atoms with Crippen LogP contribution in [0.15, 0.2) is 59.6 Å². The van der Waals surface area contributed by atoms with E-state index in [-0.39, 0.29) is 11.8 Å². The fourth-order valence-electron chi connectivity index (χ4n) is 4.85. The van der Waals surface area contributed by atoms with Crippen molar-refractivity contribution in [3.63, 3.8) is 0 Å². The molecule has 6 heteroatoms. The lowest BCUT2D eigenvalue weighted by Crippen LogP contribution is -2.37. The number of amides is 2. The summed E-state index contributed by atoms with van der Waals surface area (Å²) in [7, 11) is 1.93. The lowest BCUT2D eigenvalue weighted by atomic mass is 9.93. The number of nitrogens with zero attached hydrogens (tertiary/aromatic N) is 3. The van der Waals surface area contributed by atoms with Crippen molar-refractivity contribution in [3.05, 3.63) is 71.3 Å². The number of fused-ring (bicyclic) bond motifs is 2. The molecule has 32 heavy (non-hydrogen) atoms. The largest absolute Gasteiger partial charge is 0.339 e. The van der Waals surface area contributed by atoms with E-state index in [1.807, 2.05) is 59.3 Å². The molecule has 1 saturated carbocycles. The van der Waals surface area contributed by atoms with Gasteiger partial charge in [0.25, 0.3) is 0 Å². The predicted molar refractivity (Wildman–Crippen MR) is 125 cm³/mol. The van der Waals surface area contributed by atoms with Crippen molar-refractivity contribution in [3.8, 4) is 0 Å². The fourth-order valence-corrected chi connectivity index (χ4v) is 4.85. The summed E-state index contributed by atoms with van der Waals surface area (Å²) in [6.07, 6.45) is 7.60. The van der Waals surface area contributed by atoms with Gasteiger partial charge in [0.2, 0.25) is 17.8 Å². The first kappa shape index (κ1) is 20.5. The third kappa shape index (κ3) is 4.05. The van der Waals surface area contributed by atoms with Crippen LogP contribution < -0.4 is 5.32 Å². The highest BCUT2D eigenvalue weighted by Crippen LogP contribution is 2.32. The number of likely N-dealkylation sites (N-methyl/N-ethyl adjacent to an activating group) is 1.